The first kappa shape index (κ1) is 17.9. The van der Waals surface area contributed by atoms with Crippen LogP contribution in [0.3, 0.4) is 0 Å². The van der Waals surface area contributed by atoms with Crippen molar-refractivity contribution in [3.63, 3.8) is 0 Å². The Morgan fingerprint density at radius 2 is 1.97 bits per heavy atom. The van der Waals surface area contributed by atoms with E-state index in [1.807, 2.05) is 18.7 Å². The van der Waals surface area contributed by atoms with E-state index in [4.69, 9.17) is 0 Å². The van der Waals surface area contributed by atoms with Gasteiger partial charge in [0.1, 0.15) is 18.4 Å². The molecule has 5 rings (SSSR count). The molecular weight excluding hydrogens is 370 g/mol. The van der Waals surface area contributed by atoms with Crippen LogP contribution in [0.2, 0.25) is 0 Å². The monoisotopic (exact) mass is 390 g/mol. The lowest BCUT2D eigenvalue weighted by Gasteiger charge is -2.33. The number of carbonyl (C=O) groups is 3. The molecule has 4 heterocycles. The number of carbonyl (C=O) groups excluding carboxylic acids is 3. The summed E-state index contributed by atoms with van der Waals surface area (Å²) in [6.07, 6.45) is 1.42. The van der Waals surface area contributed by atoms with Gasteiger partial charge in [-0.2, -0.15) is 10.2 Å². The molecule has 3 amide bonds. The highest BCUT2D eigenvalue weighted by Crippen LogP contribution is 2.45. The van der Waals surface area contributed by atoms with Crippen LogP contribution in [0.5, 0.6) is 0 Å². The molecule has 146 valence electrons. The Labute approximate surface area is 167 Å². The fourth-order valence-electron chi connectivity index (χ4n) is 5.12. The van der Waals surface area contributed by atoms with Crippen molar-refractivity contribution in [1.82, 2.24) is 9.88 Å². The van der Waals surface area contributed by atoms with Gasteiger partial charge in [-0.1, -0.05) is 38.1 Å². The maximum Gasteiger partial charge on any atom is 0.433 e. The minimum Gasteiger partial charge on any atom is -0.293 e. The van der Waals surface area contributed by atoms with Crippen LogP contribution in [-0.2, 0) is 9.59 Å². The first-order chi connectivity index (χ1) is 13.9. The average molecular weight is 390 g/mol. The molecule has 2 aromatic rings. The minimum absolute atomic E-state index is 0.0167. The number of hydrogen-bond acceptors (Lipinski definition) is 6. The number of Topliss-reactive ketones (excluding diaryl/α,β-unsaturated/α-hetero) is 1. The summed E-state index contributed by atoms with van der Waals surface area (Å²) in [5.41, 5.74) is 0.627. The lowest BCUT2D eigenvalue weighted by Crippen LogP contribution is -2.63. The third-order valence-corrected chi connectivity index (χ3v) is 6.48. The molecule has 1 aromatic carbocycles. The zero-order chi connectivity index (χ0) is 20.5. The lowest BCUT2D eigenvalue weighted by atomic mass is 9.97. The first-order valence-electron chi connectivity index (χ1n) is 9.70. The number of benzene rings is 1. The molecule has 29 heavy (non-hydrogen) atoms. The lowest BCUT2D eigenvalue weighted by molar-refractivity contribution is -0.853. The van der Waals surface area contributed by atoms with Gasteiger partial charge in [0.2, 0.25) is 0 Å². The molecule has 0 saturated carbocycles. The second-order valence-corrected chi connectivity index (χ2v) is 8.30. The van der Waals surface area contributed by atoms with E-state index in [1.54, 1.807) is 24.3 Å². The normalized spacial score (nSPS) is 30.3. The molecule has 0 radical (unpaired) electrons. The van der Waals surface area contributed by atoms with Crippen molar-refractivity contribution in [2.45, 2.75) is 25.9 Å². The molecule has 1 spiro atoms. The highest BCUT2D eigenvalue weighted by Gasteiger charge is 2.73. The van der Waals surface area contributed by atoms with Gasteiger partial charge in [0.15, 0.2) is 17.9 Å². The number of anilines is 1. The summed E-state index contributed by atoms with van der Waals surface area (Å²) in [7, 11) is 0. The Kier molecular flexibility index (Phi) is 3.66. The van der Waals surface area contributed by atoms with Crippen molar-refractivity contribution in [3.05, 3.63) is 36.2 Å². The highest BCUT2D eigenvalue weighted by atomic mass is 16.2. The van der Waals surface area contributed by atoms with Crippen molar-refractivity contribution in [3.8, 4) is 6.07 Å². The second-order valence-electron chi connectivity index (χ2n) is 8.30. The molecule has 3 fully saturated rings. The number of imide groups is 1. The molecule has 1 aromatic heterocycles. The van der Waals surface area contributed by atoms with Crippen molar-refractivity contribution < 1.29 is 18.9 Å². The van der Waals surface area contributed by atoms with Crippen LogP contribution in [0.4, 0.5) is 10.5 Å². The number of piperazine rings is 1. The Morgan fingerprint density at radius 3 is 2.66 bits per heavy atom. The highest BCUT2D eigenvalue weighted by molar-refractivity contribution is 6.22. The summed E-state index contributed by atoms with van der Waals surface area (Å²) in [5, 5.41) is 10.6. The SMILES string of the molecule is CC(C)C(=O)C1CN2CC3C(=O)N(c4cnc(C#N)c5ccccc45)C(=O)[N+]13C2. The Morgan fingerprint density at radius 1 is 1.24 bits per heavy atom. The third-order valence-electron chi connectivity index (χ3n) is 6.48. The van der Waals surface area contributed by atoms with Crippen molar-refractivity contribution in [2.75, 3.05) is 24.7 Å². The van der Waals surface area contributed by atoms with E-state index in [1.165, 1.54) is 11.1 Å². The van der Waals surface area contributed by atoms with Gasteiger partial charge in [-0.25, -0.2) is 19.2 Å². The number of pyridine rings is 1. The Hall–Kier alpha value is -3.15. The Balaban J connectivity index is 1.66. The molecule has 3 saturated heterocycles. The van der Waals surface area contributed by atoms with Crippen LogP contribution in [0, 0.1) is 17.2 Å². The van der Waals surface area contributed by atoms with E-state index in [2.05, 4.69) is 11.1 Å². The molecule has 3 aliphatic rings. The van der Waals surface area contributed by atoms with E-state index >= 15 is 0 Å². The molecule has 2 bridgehead atoms. The average Bonchev–Trinajstić information content (AvgIpc) is 3.35. The summed E-state index contributed by atoms with van der Waals surface area (Å²) in [5.74, 6) is -0.485. The topological polar surface area (TPSA) is 94.4 Å². The van der Waals surface area contributed by atoms with Gasteiger partial charge in [0.05, 0.1) is 25.0 Å². The predicted octanol–water partition coefficient (Wildman–Crippen LogP) is 1.64. The fourth-order valence-corrected chi connectivity index (χ4v) is 5.12. The van der Waals surface area contributed by atoms with Gasteiger partial charge in [0, 0.05) is 16.7 Å². The van der Waals surface area contributed by atoms with Gasteiger partial charge < -0.3 is 0 Å². The number of rotatable bonds is 3. The first-order valence-corrected chi connectivity index (χ1v) is 9.70. The summed E-state index contributed by atoms with van der Waals surface area (Å²) in [6, 6.07) is 7.73. The number of quaternary nitrogens is 1. The Bertz CT molecular complexity index is 1140. The van der Waals surface area contributed by atoms with Crippen LogP contribution >= 0.6 is 0 Å². The van der Waals surface area contributed by atoms with Crippen LogP contribution in [0.1, 0.15) is 19.5 Å². The third kappa shape index (κ3) is 2.14. The molecule has 3 aliphatic heterocycles. The molecule has 0 aliphatic carbocycles. The number of nitriles is 1. The number of fused-ring (bicyclic) bond motifs is 2. The van der Waals surface area contributed by atoms with E-state index in [-0.39, 0.29) is 33.8 Å². The quantitative estimate of drug-likeness (QED) is 0.584. The molecule has 4 unspecified atom stereocenters. The number of amides is 3. The summed E-state index contributed by atoms with van der Waals surface area (Å²) in [4.78, 5) is 47.4. The van der Waals surface area contributed by atoms with E-state index in [0.717, 1.165) is 0 Å². The molecule has 0 N–H and O–H groups in total. The summed E-state index contributed by atoms with van der Waals surface area (Å²) < 4.78 is -0.135. The summed E-state index contributed by atoms with van der Waals surface area (Å²) in [6.45, 7) is 5.03. The van der Waals surface area contributed by atoms with Crippen LogP contribution in [0.25, 0.3) is 10.8 Å². The minimum atomic E-state index is -0.571. The van der Waals surface area contributed by atoms with Gasteiger partial charge in [-0.05, 0) is 0 Å². The van der Waals surface area contributed by atoms with Crippen molar-refractivity contribution >= 4 is 34.2 Å². The van der Waals surface area contributed by atoms with Crippen molar-refractivity contribution in [1.29, 1.82) is 5.26 Å². The van der Waals surface area contributed by atoms with Gasteiger partial charge in [-0.15, -0.1) is 0 Å². The van der Waals surface area contributed by atoms with Crippen molar-refractivity contribution in [2.24, 2.45) is 5.92 Å². The number of nitrogens with zero attached hydrogens (tertiary/aromatic N) is 5. The largest absolute Gasteiger partial charge is 0.433 e. The van der Waals surface area contributed by atoms with Gasteiger partial charge in [0.25, 0.3) is 5.91 Å². The number of urea groups is 1. The smallest absolute Gasteiger partial charge is 0.293 e. The fraction of sp³-hybridized carbons (Fsp3) is 0.381. The van der Waals surface area contributed by atoms with Crippen LogP contribution < -0.4 is 4.90 Å². The van der Waals surface area contributed by atoms with Gasteiger partial charge in [-0.3, -0.25) is 9.59 Å². The maximum absolute atomic E-state index is 13.7. The van der Waals surface area contributed by atoms with Crippen LogP contribution in [0.15, 0.2) is 30.5 Å². The second kappa shape index (κ2) is 5.92. The number of ketones is 1. The van der Waals surface area contributed by atoms with Crippen LogP contribution in [-0.4, -0.2) is 63.9 Å². The standard InChI is InChI=1S/C21H20N5O3/c1-12(2)19(27)17-9-24-10-18-20(28)25(21(29)26(17,18)11-24)16-8-23-15(7-22)13-5-3-4-6-14(13)16/h3-6,8,12,17-18H,9-11H2,1-2H3/q+1. The summed E-state index contributed by atoms with van der Waals surface area (Å²) >= 11 is 0. The maximum atomic E-state index is 13.7. The zero-order valence-electron chi connectivity index (χ0n) is 16.2. The van der Waals surface area contributed by atoms with E-state index < -0.39 is 12.1 Å². The molecule has 4 atom stereocenters. The van der Waals surface area contributed by atoms with E-state index in [0.29, 0.717) is 36.2 Å². The molecular formula is C21H20N5O3+. The number of aromatic nitrogens is 1. The van der Waals surface area contributed by atoms with E-state index in [9.17, 15) is 19.6 Å². The van der Waals surface area contributed by atoms with Gasteiger partial charge >= 0.3 is 6.03 Å². The predicted molar refractivity (Wildman–Crippen MR) is 103 cm³/mol. The zero-order valence-corrected chi connectivity index (χ0v) is 16.2. The molecule has 8 nitrogen and oxygen atoms in total. The number of hydrogen-bond donors (Lipinski definition) is 0. The molecule has 8 heteroatoms.